The molecule has 0 saturated heterocycles. The number of ether oxygens (including phenoxy) is 1. The highest BCUT2D eigenvalue weighted by Crippen LogP contribution is 2.21. The molecule has 0 amide bonds. The number of nitrogens with zero attached hydrogens (tertiary/aromatic N) is 1. The Balaban J connectivity index is 2.51. The summed E-state index contributed by atoms with van der Waals surface area (Å²) >= 11 is 0. The Kier molecular flexibility index (Phi) is 5.60. The molecule has 1 aromatic rings. The summed E-state index contributed by atoms with van der Waals surface area (Å²) in [5.41, 5.74) is 1.21. The van der Waals surface area contributed by atoms with E-state index < -0.39 is 10.0 Å². The average molecular weight is 283 g/mol. The fourth-order valence-corrected chi connectivity index (χ4v) is 1.98. The van der Waals surface area contributed by atoms with Crippen molar-refractivity contribution in [1.82, 2.24) is 4.72 Å². The molecule has 0 unspecified atom stereocenters. The molecule has 0 aliphatic rings. The first-order valence-electron chi connectivity index (χ1n) is 5.73. The Morgan fingerprint density at radius 2 is 2.11 bits per heavy atom. The Bertz CT molecular complexity index is 564. The van der Waals surface area contributed by atoms with Crippen molar-refractivity contribution in [1.29, 1.82) is 5.26 Å². The summed E-state index contributed by atoms with van der Waals surface area (Å²) in [5, 5.41) is 12.1. The summed E-state index contributed by atoms with van der Waals surface area (Å²) in [4.78, 5) is 0. The third-order valence-corrected chi connectivity index (χ3v) is 3.11. The maximum Gasteiger partial charge on any atom is 0.208 e. The minimum atomic E-state index is -3.14. The third kappa shape index (κ3) is 5.59. The molecule has 0 saturated carbocycles. The molecule has 0 atom stereocenters. The first-order chi connectivity index (χ1) is 8.96. The lowest BCUT2D eigenvalue weighted by Crippen LogP contribution is -2.24. The summed E-state index contributed by atoms with van der Waals surface area (Å²) < 4.78 is 29.2. The van der Waals surface area contributed by atoms with Gasteiger partial charge in [-0.25, -0.2) is 13.1 Å². The van der Waals surface area contributed by atoms with Gasteiger partial charge in [0.15, 0.2) is 0 Å². The summed E-state index contributed by atoms with van der Waals surface area (Å²) in [6.45, 7) is 0.919. The monoisotopic (exact) mass is 283 g/mol. The van der Waals surface area contributed by atoms with Crippen LogP contribution >= 0.6 is 0 Å². The predicted octanol–water partition coefficient (Wildman–Crippen LogP) is 0.918. The normalized spacial score (nSPS) is 10.8. The second-order valence-corrected chi connectivity index (χ2v) is 5.80. The number of rotatable bonds is 7. The Hall–Kier alpha value is -1.78. The lowest BCUT2D eigenvalue weighted by atomic mass is 10.2. The number of sulfonamides is 1. The van der Waals surface area contributed by atoms with Gasteiger partial charge < -0.3 is 10.1 Å². The van der Waals surface area contributed by atoms with E-state index in [1.165, 1.54) is 0 Å². The first kappa shape index (κ1) is 15.3. The molecule has 7 heteroatoms. The number of nitriles is 1. The van der Waals surface area contributed by atoms with Crippen LogP contribution in [-0.2, 0) is 10.0 Å². The molecule has 0 aliphatic heterocycles. The smallest absolute Gasteiger partial charge is 0.208 e. The predicted molar refractivity (Wildman–Crippen MR) is 73.7 cm³/mol. The highest BCUT2D eigenvalue weighted by atomic mass is 32.2. The quantitative estimate of drug-likeness (QED) is 0.726. The van der Waals surface area contributed by atoms with E-state index in [0.717, 1.165) is 6.26 Å². The van der Waals surface area contributed by atoms with E-state index in [1.807, 2.05) is 0 Å². The minimum absolute atomic E-state index is 0.359. The van der Waals surface area contributed by atoms with E-state index in [-0.39, 0.29) is 0 Å². The van der Waals surface area contributed by atoms with Crippen molar-refractivity contribution in [3.63, 3.8) is 0 Å². The van der Waals surface area contributed by atoms with Crippen molar-refractivity contribution in [3.8, 4) is 11.8 Å². The first-order valence-corrected chi connectivity index (χ1v) is 7.62. The van der Waals surface area contributed by atoms with Gasteiger partial charge in [0, 0.05) is 19.2 Å². The van der Waals surface area contributed by atoms with Crippen LogP contribution in [0, 0.1) is 11.3 Å². The minimum Gasteiger partial charge on any atom is -0.497 e. The molecule has 1 aromatic carbocycles. The van der Waals surface area contributed by atoms with Crippen LogP contribution in [-0.4, -0.2) is 34.9 Å². The van der Waals surface area contributed by atoms with Gasteiger partial charge in [0.05, 0.1) is 24.6 Å². The average Bonchev–Trinajstić information content (AvgIpc) is 2.36. The van der Waals surface area contributed by atoms with E-state index in [4.69, 9.17) is 10.00 Å². The van der Waals surface area contributed by atoms with Crippen LogP contribution in [0.3, 0.4) is 0 Å². The number of nitrogens with one attached hydrogen (secondary N) is 2. The zero-order valence-electron chi connectivity index (χ0n) is 10.9. The van der Waals surface area contributed by atoms with Crippen LogP contribution in [0.15, 0.2) is 18.2 Å². The van der Waals surface area contributed by atoms with E-state index in [2.05, 4.69) is 16.1 Å². The van der Waals surface area contributed by atoms with Gasteiger partial charge in [0.25, 0.3) is 0 Å². The largest absolute Gasteiger partial charge is 0.497 e. The molecule has 19 heavy (non-hydrogen) atoms. The van der Waals surface area contributed by atoms with Gasteiger partial charge in [-0.15, -0.1) is 0 Å². The van der Waals surface area contributed by atoms with Crippen LogP contribution in [0.2, 0.25) is 0 Å². The van der Waals surface area contributed by atoms with Crippen LogP contribution in [0.5, 0.6) is 5.75 Å². The lowest BCUT2D eigenvalue weighted by molar-refractivity contribution is 0.415. The molecular weight excluding hydrogens is 266 g/mol. The molecular formula is C12H17N3O3S. The molecule has 0 spiro atoms. The maximum atomic E-state index is 10.9. The molecule has 0 bridgehead atoms. The molecule has 1 rings (SSSR count). The summed E-state index contributed by atoms with van der Waals surface area (Å²) in [6.07, 6.45) is 1.74. The zero-order chi connectivity index (χ0) is 14.3. The van der Waals surface area contributed by atoms with Gasteiger partial charge >= 0.3 is 0 Å². The molecule has 0 aromatic heterocycles. The molecule has 104 valence electrons. The molecule has 0 aliphatic carbocycles. The van der Waals surface area contributed by atoms with Gasteiger partial charge in [-0.3, -0.25) is 0 Å². The summed E-state index contributed by atoms with van der Waals surface area (Å²) in [5.74, 6) is 0.663. The van der Waals surface area contributed by atoms with Crippen LogP contribution < -0.4 is 14.8 Å². The number of benzene rings is 1. The zero-order valence-corrected chi connectivity index (χ0v) is 11.8. The second-order valence-electron chi connectivity index (χ2n) is 3.97. The van der Waals surface area contributed by atoms with E-state index in [9.17, 15) is 8.42 Å². The van der Waals surface area contributed by atoms with Crippen molar-refractivity contribution in [2.75, 3.05) is 31.8 Å². The summed E-state index contributed by atoms with van der Waals surface area (Å²) in [7, 11) is -1.59. The number of methoxy groups -OCH3 is 1. The van der Waals surface area contributed by atoms with Crippen LogP contribution in [0.1, 0.15) is 12.0 Å². The molecule has 0 heterocycles. The molecule has 0 fully saturated rings. The SMILES string of the molecule is COc1ccc(C#N)c(NCCCNS(C)(=O)=O)c1. The Labute approximate surface area is 113 Å². The van der Waals surface area contributed by atoms with Gasteiger partial charge in [0.1, 0.15) is 11.8 Å². The van der Waals surface area contributed by atoms with E-state index in [0.29, 0.717) is 36.5 Å². The molecule has 0 radical (unpaired) electrons. The van der Waals surface area contributed by atoms with Gasteiger partial charge in [-0.05, 0) is 18.6 Å². The third-order valence-electron chi connectivity index (χ3n) is 2.38. The van der Waals surface area contributed by atoms with Crippen LogP contribution in [0.4, 0.5) is 5.69 Å². The van der Waals surface area contributed by atoms with Crippen molar-refractivity contribution >= 4 is 15.7 Å². The van der Waals surface area contributed by atoms with Crippen molar-refractivity contribution in [3.05, 3.63) is 23.8 Å². The van der Waals surface area contributed by atoms with Gasteiger partial charge in [0.2, 0.25) is 10.0 Å². The van der Waals surface area contributed by atoms with Crippen molar-refractivity contribution < 1.29 is 13.2 Å². The van der Waals surface area contributed by atoms with Gasteiger partial charge in [-0.2, -0.15) is 5.26 Å². The second kappa shape index (κ2) is 6.97. The number of hydrogen-bond acceptors (Lipinski definition) is 5. The van der Waals surface area contributed by atoms with Crippen LogP contribution in [0.25, 0.3) is 0 Å². The fourth-order valence-electron chi connectivity index (χ4n) is 1.46. The van der Waals surface area contributed by atoms with Gasteiger partial charge in [-0.1, -0.05) is 0 Å². The number of hydrogen-bond donors (Lipinski definition) is 2. The highest BCUT2D eigenvalue weighted by molar-refractivity contribution is 7.88. The standard InChI is InChI=1S/C12H17N3O3S/c1-18-11-5-4-10(9-13)12(8-11)14-6-3-7-15-19(2,16)17/h4-5,8,14-15H,3,6-7H2,1-2H3. The number of anilines is 1. The lowest BCUT2D eigenvalue weighted by Gasteiger charge is -2.10. The summed E-state index contributed by atoms with van der Waals surface area (Å²) in [6, 6.07) is 7.21. The maximum absolute atomic E-state index is 10.9. The van der Waals surface area contributed by atoms with Crippen molar-refractivity contribution in [2.45, 2.75) is 6.42 Å². The van der Waals surface area contributed by atoms with E-state index >= 15 is 0 Å². The fraction of sp³-hybridized carbons (Fsp3) is 0.417. The molecule has 2 N–H and O–H groups in total. The van der Waals surface area contributed by atoms with E-state index in [1.54, 1.807) is 25.3 Å². The topological polar surface area (TPSA) is 91.2 Å². The Morgan fingerprint density at radius 3 is 2.68 bits per heavy atom. The Morgan fingerprint density at radius 1 is 1.37 bits per heavy atom. The van der Waals surface area contributed by atoms with Crippen molar-refractivity contribution in [2.24, 2.45) is 0 Å². The molecule has 6 nitrogen and oxygen atoms in total. The highest BCUT2D eigenvalue weighted by Gasteiger charge is 2.04.